The molecule has 0 spiro atoms. The van der Waals surface area contributed by atoms with Crippen molar-refractivity contribution in [3.63, 3.8) is 0 Å². The molecule has 0 amide bonds. The molecule has 0 aliphatic heterocycles. The lowest BCUT2D eigenvalue weighted by atomic mass is 10.2. The average Bonchev–Trinajstić information content (AvgIpc) is 2.35. The molecule has 0 saturated carbocycles. The lowest BCUT2D eigenvalue weighted by Gasteiger charge is -2.20. The summed E-state index contributed by atoms with van der Waals surface area (Å²) in [5.41, 5.74) is 7.40. The fraction of sp³-hybridized carbons (Fsp3) is 0.538. The van der Waals surface area contributed by atoms with Crippen LogP contribution < -0.4 is 15.8 Å². The van der Waals surface area contributed by atoms with Crippen molar-refractivity contribution in [3.05, 3.63) is 18.2 Å². The number of hydrogen-bond donors (Lipinski definition) is 3. The molecule has 0 saturated heterocycles. The zero-order chi connectivity index (χ0) is 13.4. The SMILES string of the molecule is CCOc1cccc(NC(CCO)COC)c1N. The average molecular weight is 254 g/mol. The Kier molecular flexibility index (Phi) is 6.32. The fourth-order valence-electron chi connectivity index (χ4n) is 1.73. The summed E-state index contributed by atoms with van der Waals surface area (Å²) in [6.07, 6.45) is 0.603. The van der Waals surface area contributed by atoms with Crippen LogP contribution in [0.15, 0.2) is 18.2 Å². The molecule has 1 rings (SSSR count). The Hall–Kier alpha value is -1.46. The molecule has 4 N–H and O–H groups in total. The molecule has 102 valence electrons. The number of anilines is 2. The van der Waals surface area contributed by atoms with E-state index in [0.717, 1.165) is 5.69 Å². The highest BCUT2D eigenvalue weighted by Gasteiger charge is 2.11. The number of rotatable bonds is 8. The summed E-state index contributed by atoms with van der Waals surface area (Å²) in [5.74, 6) is 0.669. The van der Waals surface area contributed by atoms with E-state index in [2.05, 4.69) is 5.32 Å². The molecular formula is C13H22N2O3. The van der Waals surface area contributed by atoms with Crippen LogP contribution in [0.25, 0.3) is 0 Å². The van der Waals surface area contributed by atoms with Gasteiger partial charge in [0.1, 0.15) is 5.75 Å². The summed E-state index contributed by atoms with van der Waals surface area (Å²) < 4.78 is 10.5. The van der Waals surface area contributed by atoms with Crippen molar-refractivity contribution in [3.8, 4) is 5.75 Å². The van der Waals surface area contributed by atoms with Gasteiger partial charge in [0.05, 0.1) is 30.6 Å². The highest BCUT2D eigenvalue weighted by Crippen LogP contribution is 2.30. The van der Waals surface area contributed by atoms with Crippen LogP contribution in [-0.2, 0) is 4.74 Å². The maximum atomic E-state index is 9.00. The van der Waals surface area contributed by atoms with E-state index in [1.54, 1.807) is 7.11 Å². The molecule has 1 unspecified atom stereocenters. The minimum atomic E-state index is 0.0270. The predicted octanol–water partition coefficient (Wildman–Crippen LogP) is 1.48. The van der Waals surface area contributed by atoms with Crippen LogP contribution in [0.4, 0.5) is 11.4 Å². The Morgan fingerprint density at radius 2 is 2.22 bits per heavy atom. The van der Waals surface area contributed by atoms with Crippen LogP contribution in [0.2, 0.25) is 0 Å². The normalized spacial score (nSPS) is 12.2. The van der Waals surface area contributed by atoms with Crippen LogP contribution in [0.1, 0.15) is 13.3 Å². The maximum Gasteiger partial charge on any atom is 0.144 e. The Morgan fingerprint density at radius 3 is 2.83 bits per heavy atom. The first-order chi connectivity index (χ1) is 8.72. The highest BCUT2D eigenvalue weighted by molar-refractivity contribution is 5.73. The van der Waals surface area contributed by atoms with E-state index >= 15 is 0 Å². The Labute approximate surface area is 108 Å². The van der Waals surface area contributed by atoms with Crippen molar-refractivity contribution >= 4 is 11.4 Å². The second-order valence-electron chi connectivity index (χ2n) is 3.96. The van der Waals surface area contributed by atoms with E-state index in [1.165, 1.54) is 0 Å². The number of methoxy groups -OCH3 is 1. The number of aliphatic hydroxyl groups excluding tert-OH is 1. The number of nitrogens with two attached hydrogens (primary N) is 1. The van der Waals surface area contributed by atoms with Gasteiger partial charge in [0.15, 0.2) is 0 Å². The van der Waals surface area contributed by atoms with Gasteiger partial charge in [0.25, 0.3) is 0 Å². The van der Waals surface area contributed by atoms with Gasteiger partial charge in [-0.1, -0.05) is 6.07 Å². The standard InChI is InChI=1S/C13H22N2O3/c1-3-18-12-6-4-5-11(13(12)14)15-10(7-8-16)9-17-2/h4-6,10,15-16H,3,7-9,14H2,1-2H3. The van der Waals surface area contributed by atoms with Gasteiger partial charge < -0.3 is 25.6 Å². The van der Waals surface area contributed by atoms with Crippen molar-refractivity contribution in [2.45, 2.75) is 19.4 Å². The predicted molar refractivity (Wildman–Crippen MR) is 73.0 cm³/mol. The van der Waals surface area contributed by atoms with Crippen LogP contribution in [0, 0.1) is 0 Å². The molecule has 5 nitrogen and oxygen atoms in total. The highest BCUT2D eigenvalue weighted by atomic mass is 16.5. The summed E-state index contributed by atoms with van der Waals surface area (Å²) in [5, 5.41) is 12.3. The van der Waals surface area contributed by atoms with Crippen molar-refractivity contribution in [2.24, 2.45) is 0 Å². The monoisotopic (exact) mass is 254 g/mol. The van der Waals surface area contributed by atoms with Crippen molar-refractivity contribution in [1.82, 2.24) is 0 Å². The first kappa shape index (κ1) is 14.6. The zero-order valence-electron chi connectivity index (χ0n) is 11.0. The summed E-state index contributed by atoms with van der Waals surface area (Å²) in [7, 11) is 1.63. The molecule has 0 fully saturated rings. The van der Waals surface area contributed by atoms with Gasteiger partial charge in [-0.15, -0.1) is 0 Å². The van der Waals surface area contributed by atoms with Crippen molar-refractivity contribution < 1.29 is 14.6 Å². The molecule has 18 heavy (non-hydrogen) atoms. The van der Waals surface area contributed by atoms with Gasteiger partial charge in [-0.3, -0.25) is 0 Å². The van der Waals surface area contributed by atoms with Crippen LogP contribution in [-0.4, -0.2) is 38.1 Å². The minimum absolute atomic E-state index is 0.0270. The van der Waals surface area contributed by atoms with E-state index in [4.69, 9.17) is 20.3 Å². The third-order valence-corrected chi connectivity index (χ3v) is 2.57. The summed E-state index contributed by atoms with van der Waals surface area (Å²) >= 11 is 0. The lowest BCUT2D eigenvalue weighted by molar-refractivity contribution is 0.170. The van der Waals surface area contributed by atoms with Gasteiger partial charge in [0, 0.05) is 13.7 Å². The molecule has 0 aromatic heterocycles. The molecular weight excluding hydrogens is 232 g/mol. The maximum absolute atomic E-state index is 9.00. The molecule has 0 heterocycles. The number of benzene rings is 1. The number of aliphatic hydroxyl groups is 1. The van der Waals surface area contributed by atoms with Crippen LogP contribution in [0.3, 0.4) is 0 Å². The van der Waals surface area contributed by atoms with Gasteiger partial charge in [-0.05, 0) is 25.5 Å². The van der Waals surface area contributed by atoms with Crippen molar-refractivity contribution in [1.29, 1.82) is 0 Å². The lowest BCUT2D eigenvalue weighted by Crippen LogP contribution is -2.26. The topological polar surface area (TPSA) is 76.7 Å². The zero-order valence-corrected chi connectivity index (χ0v) is 11.0. The van der Waals surface area contributed by atoms with Crippen LogP contribution >= 0.6 is 0 Å². The number of nitrogen functional groups attached to an aromatic ring is 1. The second kappa shape index (κ2) is 7.79. The first-order valence-electron chi connectivity index (χ1n) is 6.10. The summed E-state index contributed by atoms with van der Waals surface area (Å²) in [6, 6.07) is 5.63. The molecule has 0 aliphatic carbocycles. The van der Waals surface area contributed by atoms with E-state index in [9.17, 15) is 0 Å². The second-order valence-corrected chi connectivity index (χ2v) is 3.96. The van der Waals surface area contributed by atoms with Gasteiger partial charge in [-0.25, -0.2) is 0 Å². The molecule has 5 heteroatoms. The Balaban J connectivity index is 2.78. The minimum Gasteiger partial charge on any atom is -0.492 e. The van der Waals surface area contributed by atoms with Gasteiger partial charge in [-0.2, -0.15) is 0 Å². The Morgan fingerprint density at radius 1 is 1.44 bits per heavy atom. The first-order valence-corrected chi connectivity index (χ1v) is 6.10. The van der Waals surface area contributed by atoms with Crippen LogP contribution in [0.5, 0.6) is 5.75 Å². The van der Waals surface area contributed by atoms with E-state index in [0.29, 0.717) is 31.1 Å². The third-order valence-electron chi connectivity index (χ3n) is 2.57. The van der Waals surface area contributed by atoms with E-state index in [-0.39, 0.29) is 12.6 Å². The fourth-order valence-corrected chi connectivity index (χ4v) is 1.73. The van der Waals surface area contributed by atoms with E-state index < -0.39 is 0 Å². The third kappa shape index (κ3) is 4.09. The number of hydrogen-bond acceptors (Lipinski definition) is 5. The number of nitrogens with one attached hydrogen (secondary N) is 1. The van der Waals surface area contributed by atoms with Gasteiger partial charge >= 0.3 is 0 Å². The summed E-state index contributed by atoms with van der Waals surface area (Å²) in [6.45, 7) is 3.11. The largest absolute Gasteiger partial charge is 0.492 e. The smallest absolute Gasteiger partial charge is 0.144 e. The summed E-state index contributed by atoms with van der Waals surface area (Å²) in [4.78, 5) is 0. The molecule has 1 aromatic carbocycles. The van der Waals surface area contributed by atoms with Crippen molar-refractivity contribution in [2.75, 3.05) is 38.0 Å². The molecule has 1 aromatic rings. The number of para-hydroxylation sites is 1. The quantitative estimate of drug-likeness (QED) is 0.612. The molecule has 1 atom stereocenters. The Bertz CT molecular complexity index is 352. The number of ether oxygens (including phenoxy) is 2. The van der Waals surface area contributed by atoms with Gasteiger partial charge in [0.2, 0.25) is 0 Å². The molecule has 0 bridgehead atoms. The molecule has 0 aliphatic rings. The van der Waals surface area contributed by atoms with E-state index in [1.807, 2.05) is 25.1 Å². The molecule has 0 radical (unpaired) electrons.